The summed E-state index contributed by atoms with van der Waals surface area (Å²) >= 11 is 0. The van der Waals surface area contributed by atoms with Gasteiger partial charge in [0.15, 0.2) is 0 Å². The predicted molar refractivity (Wildman–Crippen MR) is 138 cm³/mol. The lowest BCUT2D eigenvalue weighted by Crippen LogP contribution is -2.17. The minimum absolute atomic E-state index is 0.0805. The third-order valence-electron chi connectivity index (χ3n) is 6.83. The largest absolute Gasteiger partial charge is 0.324 e. The Morgan fingerprint density at radius 3 is 1.70 bits per heavy atom. The summed E-state index contributed by atoms with van der Waals surface area (Å²) in [6.45, 7) is 4.69. The third kappa shape index (κ3) is 3.18. The van der Waals surface area contributed by atoms with Crippen LogP contribution in [0.25, 0.3) is 16.8 Å². The van der Waals surface area contributed by atoms with Crippen molar-refractivity contribution in [3.63, 3.8) is 0 Å². The van der Waals surface area contributed by atoms with Gasteiger partial charge in [-0.25, -0.2) is 0 Å². The van der Waals surface area contributed by atoms with Gasteiger partial charge >= 0.3 is 0 Å². The van der Waals surface area contributed by atoms with Crippen LogP contribution in [0.3, 0.4) is 0 Å². The summed E-state index contributed by atoms with van der Waals surface area (Å²) in [4.78, 5) is 2.34. The molecule has 0 atom stereocenters. The number of nitrogens with zero attached hydrogens (tertiary/aromatic N) is 2. The van der Waals surface area contributed by atoms with Gasteiger partial charge in [-0.3, -0.25) is 0 Å². The number of fused-ring (bicyclic) bond motifs is 3. The molecule has 160 valence electrons. The zero-order valence-electron chi connectivity index (χ0n) is 18.9. The molecule has 2 nitrogen and oxygen atoms in total. The molecule has 2 heteroatoms. The van der Waals surface area contributed by atoms with E-state index >= 15 is 0 Å². The Morgan fingerprint density at radius 2 is 1.09 bits per heavy atom. The van der Waals surface area contributed by atoms with E-state index in [9.17, 15) is 0 Å². The van der Waals surface area contributed by atoms with E-state index in [2.05, 4.69) is 145 Å². The van der Waals surface area contributed by atoms with Crippen molar-refractivity contribution in [2.75, 3.05) is 4.90 Å². The summed E-state index contributed by atoms with van der Waals surface area (Å²) in [6, 6.07) is 39.1. The Balaban J connectivity index is 1.49. The van der Waals surface area contributed by atoms with E-state index in [0.717, 1.165) is 11.4 Å². The Hall–Kier alpha value is -4.04. The normalized spacial score (nSPS) is 13.4. The Kier molecular flexibility index (Phi) is 4.48. The first-order valence-electron chi connectivity index (χ1n) is 11.5. The molecule has 0 unspecified atom stereocenters. The van der Waals surface area contributed by atoms with Crippen molar-refractivity contribution >= 4 is 17.1 Å². The predicted octanol–water partition coefficient (Wildman–Crippen LogP) is 8.25. The zero-order chi connectivity index (χ0) is 22.4. The van der Waals surface area contributed by atoms with Gasteiger partial charge in [0.25, 0.3) is 0 Å². The quantitative estimate of drug-likeness (QED) is 0.281. The standard InChI is InChI=1S/C31H26N2/c1-31(2)29-21-25(32-19-9-10-20-32)15-17-27(29)28-18-16-26(22-30(28)31)33(23-11-5-3-6-12-23)24-13-7-4-8-14-24/h3-22H,1-2H3. The first-order chi connectivity index (χ1) is 16.1. The lowest BCUT2D eigenvalue weighted by atomic mass is 9.82. The second-order valence-electron chi connectivity index (χ2n) is 9.18. The van der Waals surface area contributed by atoms with Crippen LogP contribution in [-0.2, 0) is 5.41 Å². The average molecular weight is 427 g/mol. The molecular formula is C31H26N2. The van der Waals surface area contributed by atoms with Crippen LogP contribution in [0.15, 0.2) is 122 Å². The van der Waals surface area contributed by atoms with Crippen molar-refractivity contribution in [2.24, 2.45) is 0 Å². The van der Waals surface area contributed by atoms with E-state index in [1.165, 1.54) is 33.6 Å². The lowest BCUT2D eigenvalue weighted by Gasteiger charge is -2.28. The van der Waals surface area contributed by atoms with Crippen molar-refractivity contribution < 1.29 is 0 Å². The lowest BCUT2D eigenvalue weighted by molar-refractivity contribution is 0.660. The summed E-state index contributed by atoms with van der Waals surface area (Å²) in [5.41, 5.74) is 10.0. The molecule has 4 aromatic carbocycles. The van der Waals surface area contributed by atoms with Gasteiger partial charge in [0, 0.05) is 40.6 Å². The fourth-order valence-electron chi connectivity index (χ4n) is 5.12. The molecule has 0 fully saturated rings. The number of hydrogen-bond acceptors (Lipinski definition) is 1. The molecule has 33 heavy (non-hydrogen) atoms. The summed E-state index contributed by atoms with van der Waals surface area (Å²) in [7, 11) is 0. The van der Waals surface area contributed by atoms with Gasteiger partial charge in [0.05, 0.1) is 0 Å². The molecule has 0 bridgehead atoms. The molecule has 0 N–H and O–H groups in total. The molecule has 0 radical (unpaired) electrons. The highest BCUT2D eigenvalue weighted by molar-refractivity contribution is 5.86. The van der Waals surface area contributed by atoms with Crippen LogP contribution in [0, 0.1) is 0 Å². The smallest absolute Gasteiger partial charge is 0.0465 e. The van der Waals surface area contributed by atoms with E-state index in [1.54, 1.807) is 0 Å². The molecule has 1 heterocycles. The number of anilines is 3. The molecule has 1 aliphatic carbocycles. The monoisotopic (exact) mass is 426 g/mol. The Bertz CT molecular complexity index is 1380. The van der Waals surface area contributed by atoms with E-state index in [1.807, 2.05) is 0 Å². The van der Waals surface area contributed by atoms with Gasteiger partial charge in [-0.2, -0.15) is 0 Å². The van der Waals surface area contributed by atoms with Gasteiger partial charge in [-0.15, -0.1) is 0 Å². The molecule has 6 rings (SSSR count). The zero-order valence-corrected chi connectivity index (χ0v) is 18.9. The highest BCUT2D eigenvalue weighted by Gasteiger charge is 2.36. The van der Waals surface area contributed by atoms with Gasteiger partial charge in [0.2, 0.25) is 0 Å². The number of benzene rings is 4. The van der Waals surface area contributed by atoms with Crippen molar-refractivity contribution in [1.29, 1.82) is 0 Å². The van der Waals surface area contributed by atoms with Crippen molar-refractivity contribution in [3.05, 3.63) is 133 Å². The SMILES string of the molecule is CC1(C)c2cc(N(c3ccccc3)c3ccccc3)ccc2-c2ccc(-n3cccc3)cc21. The molecule has 5 aromatic rings. The fourth-order valence-corrected chi connectivity index (χ4v) is 5.12. The van der Waals surface area contributed by atoms with Gasteiger partial charge in [-0.1, -0.05) is 62.4 Å². The molecule has 0 aliphatic heterocycles. The van der Waals surface area contributed by atoms with Gasteiger partial charge < -0.3 is 9.47 Å². The highest BCUT2D eigenvalue weighted by atomic mass is 15.1. The molecule has 1 aliphatic rings. The fraction of sp³-hybridized carbons (Fsp3) is 0.0968. The molecule has 0 amide bonds. The first kappa shape index (κ1) is 19.6. The van der Waals surface area contributed by atoms with Gasteiger partial charge in [0.1, 0.15) is 0 Å². The van der Waals surface area contributed by atoms with Crippen molar-refractivity contribution in [2.45, 2.75) is 19.3 Å². The van der Waals surface area contributed by atoms with E-state index in [0.29, 0.717) is 0 Å². The van der Waals surface area contributed by atoms with Crippen LogP contribution in [0.2, 0.25) is 0 Å². The Morgan fingerprint density at radius 1 is 0.545 bits per heavy atom. The van der Waals surface area contributed by atoms with Crippen molar-refractivity contribution in [3.8, 4) is 16.8 Å². The second kappa shape index (κ2) is 7.53. The van der Waals surface area contributed by atoms with Crippen LogP contribution in [0.4, 0.5) is 17.1 Å². The molecule has 0 spiro atoms. The van der Waals surface area contributed by atoms with Crippen LogP contribution in [-0.4, -0.2) is 4.57 Å². The van der Waals surface area contributed by atoms with Crippen LogP contribution in [0.5, 0.6) is 0 Å². The van der Waals surface area contributed by atoms with Crippen molar-refractivity contribution in [1.82, 2.24) is 4.57 Å². The average Bonchev–Trinajstić information content (AvgIpc) is 3.47. The van der Waals surface area contributed by atoms with E-state index in [-0.39, 0.29) is 5.41 Å². The number of para-hydroxylation sites is 2. The molecule has 0 saturated carbocycles. The maximum atomic E-state index is 2.38. The summed E-state index contributed by atoms with van der Waals surface area (Å²) in [6.07, 6.45) is 4.21. The van der Waals surface area contributed by atoms with E-state index < -0.39 is 0 Å². The maximum Gasteiger partial charge on any atom is 0.0465 e. The van der Waals surface area contributed by atoms with E-state index in [4.69, 9.17) is 0 Å². The second-order valence-corrected chi connectivity index (χ2v) is 9.18. The molecule has 0 saturated heterocycles. The number of hydrogen-bond donors (Lipinski definition) is 0. The number of aromatic nitrogens is 1. The molecule has 1 aromatic heterocycles. The summed E-state index contributed by atoms with van der Waals surface area (Å²) < 4.78 is 2.18. The minimum Gasteiger partial charge on any atom is -0.324 e. The third-order valence-corrected chi connectivity index (χ3v) is 6.83. The van der Waals surface area contributed by atoms with Crippen LogP contribution in [0.1, 0.15) is 25.0 Å². The molecular weight excluding hydrogens is 400 g/mol. The Labute approximate surface area is 195 Å². The summed E-state index contributed by atoms with van der Waals surface area (Å²) in [5, 5.41) is 0. The van der Waals surface area contributed by atoms with Crippen LogP contribution >= 0.6 is 0 Å². The number of rotatable bonds is 4. The minimum atomic E-state index is -0.0805. The topological polar surface area (TPSA) is 8.17 Å². The van der Waals surface area contributed by atoms with Crippen LogP contribution < -0.4 is 4.90 Å². The maximum absolute atomic E-state index is 2.38. The van der Waals surface area contributed by atoms with Gasteiger partial charge in [-0.05, 0) is 82.9 Å². The first-order valence-corrected chi connectivity index (χ1v) is 11.5. The highest BCUT2D eigenvalue weighted by Crippen LogP contribution is 2.51. The summed E-state index contributed by atoms with van der Waals surface area (Å²) in [5.74, 6) is 0.